The summed E-state index contributed by atoms with van der Waals surface area (Å²) in [5.74, 6) is 0.0637. The van der Waals surface area contributed by atoms with Crippen molar-refractivity contribution >= 4 is 22.3 Å². The van der Waals surface area contributed by atoms with E-state index >= 15 is 0 Å². The molecule has 0 unspecified atom stereocenters. The maximum absolute atomic E-state index is 12.9. The number of nitro groups is 1. The highest BCUT2D eigenvalue weighted by Crippen LogP contribution is 2.35. The average Bonchev–Trinajstić information content (AvgIpc) is 2.81. The molecule has 0 spiro atoms. The Kier molecular flexibility index (Phi) is 2.64. The number of furan rings is 1. The molecule has 2 N–H and O–H groups in total. The number of anilines is 1. The number of halogens is 1. The SMILES string of the molecule is Nc1cc([N+](=O)[O-])c2cc(-c3ccc(F)cc3)oc2c1. The van der Waals surface area contributed by atoms with Gasteiger partial charge < -0.3 is 10.2 Å². The number of nitrogen functional groups attached to an aromatic ring is 1. The summed E-state index contributed by atoms with van der Waals surface area (Å²) in [7, 11) is 0. The number of nitrogens with zero attached hydrogens (tertiary/aromatic N) is 1. The van der Waals surface area contributed by atoms with E-state index in [9.17, 15) is 14.5 Å². The van der Waals surface area contributed by atoms with E-state index in [1.807, 2.05) is 0 Å². The van der Waals surface area contributed by atoms with Crippen molar-refractivity contribution in [2.45, 2.75) is 0 Å². The largest absolute Gasteiger partial charge is 0.456 e. The lowest BCUT2D eigenvalue weighted by atomic mass is 10.1. The van der Waals surface area contributed by atoms with Crippen molar-refractivity contribution in [2.24, 2.45) is 0 Å². The molecule has 1 heterocycles. The van der Waals surface area contributed by atoms with Crippen LogP contribution < -0.4 is 5.73 Å². The Hall–Kier alpha value is -2.89. The zero-order valence-electron chi connectivity index (χ0n) is 10.2. The van der Waals surface area contributed by atoms with Gasteiger partial charge in [0, 0.05) is 23.4 Å². The first-order valence-corrected chi connectivity index (χ1v) is 5.78. The van der Waals surface area contributed by atoms with Gasteiger partial charge in [-0.15, -0.1) is 0 Å². The van der Waals surface area contributed by atoms with Crippen molar-refractivity contribution < 1.29 is 13.7 Å². The summed E-state index contributed by atoms with van der Waals surface area (Å²) >= 11 is 0. The third kappa shape index (κ3) is 1.97. The highest BCUT2D eigenvalue weighted by atomic mass is 19.1. The van der Waals surface area contributed by atoms with Crippen LogP contribution >= 0.6 is 0 Å². The van der Waals surface area contributed by atoms with E-state index in [1.165, 1.54) is 24.3 Å². The van der Waals surface area contributed by atoms with Crippen LogP contribution in [0.4, 0.5) is 15.8 Å². The van der Waals surface area contributed by atoms with Gasteiger partial charge in [0.2, 0.25) is 0 Å². The van der Waals surface area contributed by atoms with Crippen LogP contribution in [0.3, 0.4) is 0 Å². The van der Waals surface area contributed by atoms with Crippen LogP contribution in [0.15, 0.2) is 46.9 Å². The van der Waals surface area contributed by atoms with E-state index in [-0.39, 0.29) is 17.2 Å². The quantitative estimate of drug-likeness (QED) is 0.437. The van der Waals surface area contributed by atoms with Crippen molar-refractivity contribution in [2.75, 3.05) is 5.73 Å². The molecule has 6 heteroatoms. The van der Waals surface area contributed by atoms with Crippen LogP contribution in [-0.4, -0.2) is 4.92 Å². The van der Waals surface area contributed by atoms with Gasteiger partial charge >= 0.3 is 0 Å². The number of nitrogens with two attached hydrogens (primary N) is 1. The van der Waals surface area contributed by atoms with Gasteiger partial charge in [0.05, 0.1) is 10.3 Å². The predicted octanol–water partition coefficient (Wildman–Crippen LogP) is 3.73. The molecule has 0 saturated carbocycles. The maximum Gasteiger partial charge on any atom is 0.282 e. The van der Waals surface area contributed by atoms with E-state index in [0.717, 1.165) is 0 Å². The average molecular weight is 272 g/mol. The van der Waals surface area contributed by atoms with E-state index < -0.39 is 4.92 Å². The van der Waals surface area contributed by atoms with Gasteiger partial charge in [0.25, 0.3) is 5.69 Å². The highest BCUT2D eigenvalue weighted by Gasteiger charge is 2.18. The molecule has 0 atom stereocenters. The van der Waals surface area contributed by atoms with Crippen molar-refractivity contribution in [3.8, 4) is 11.3 Å². The third-order valence-corrected chi connectivity index (χ3v) is 2.96. The molecule has 0 saturated heterocycles. The van der Waals surface area contributed by atoms with E-state index in [1.54, 1.807) is 18.2 Å². The number of rotatable bonds is 2. The highest BCUT2D eigenvalue weighted by molar-refractivity contribution is 5.93. The minimum Gasteiger partial charge on any atom is -0.456 e. The number of benzene rings is 2. The monoisotopic (exact) mass is 272 g/mol. The molecule has 5 nitrogen and oxygen atoms in total. The second-order valence-corrected chi connectivity index (χ2v) is 4.33. The van der Waals surface area contributed by atoms with Gasteiger partial charge in [0.1, 0.15) is 17.2 Å². The summed E-state index contributed by atoms with van der Waals surface area (Å²) < 4.78 is 18.5. The van der Waals surface area contributed by atoms with Crippen LogP contribution in [0.2, 0.25) is 0 Å². The Bertz CT molecular complexity index is 809. The number of fused-ring (bicyclic) bond motifs is 1. The Morgan fingerprint density at radius 3 is 2.50 bits per heavy atom. The zero-order valence-corrected chi connectivity index (χ0v) is 10.2. The summed E-state index contributed by atoms with van der Waals surface area (Å²) in [6.07, 6.45) is 0. The second kappa shape index (κ2) is 4.34. The molecule has 1 aromatic heterocycles. The first-order chi connectivity index (χ1) is 9.54. The standard InChI is InChI=1S/C14H9FN2O3/c15-9-3-1-8(2-4-9)13-7-11-12(17(18)19)5-10(16)6-14(11)20-13/h1-7H,16H2. The number of hydrogen-bond acceptors (Lipinski definition) is 4. The number of hydrogen-bond donors (Lipinski definition) is 1. The molecular formula is C14H9FN2O3. The van der Waals surface area contributed by atoms with Crippen molar-refractivity contribution in [1.29, 1.82) is 0 Å². The summed E-state index contributed by atoms with van der Waals surface area (Å²) in [5, 5.41) is 11.4. The third-order valence-electron chi connectivity index (χ3n) is 2.96. The predicted molar refractivity (Wildman–Crippen MR) is 72.7 cm³/mol. The fourth-order valence-corrected chi connectivity index (χ4v) is 2.05. The normalized spacial score (nSPS) is 10.8. The molecule has 20 heavy (non-hydrogen) atoms. The summed E-state index contributed by atoms with van der Waals surface area (Å²) in [6.45, 7) is 0. The number of non-ortho nitro benzene ring substituents is 1. The van der Waals surface area contributed by atoms with Crippen molar-refractivity contribution in [3.05, 3.63) is 58.4 Å². The van der Waals surface area contributed by atoms with Crippen LogP contribution in [0.5, 0.6) is 0 Å². The minimum atomic E-state index is -0.511. The van der Waals surface area contributed by atoms with Crippen molar-refractivity contribution in [3.63, 3.8) is 0 Å². The topological polar surface area (TPSA) is 82.3 Å². The fraction of sp³-hybridized carbons (Fsp3) is 0. The molecule has 100 valence electrons. The molecule has 0 radical (unpaired) electrons. The van der Waals surface area contributed by atoms with Crippen molar-refractivity contribution in [1.82, 2.24) is 0 Å². The molecular weight excluding hydrogens is 263 g/mol. The lowest BCUT2D eigenvalue weighted by molar-refractivity contribution is -0.383. The molecule has 0 bridgehead atoms. The lowest BCUT2D eigenvalue weighted by Crippen LogP contribution is -1.91. The summed E-state index contributed by atoms with van der Waals surface area (Å²) in [4.78, 5) is 10.5. The van der Waals surface area contributed by atoms with E-state index in [2.05, 4.69) is 0 Å². The Balaban J connectivity index is 2.22. The summed E-state index contributed by atoms with van der Waals surface area (Å²) in [5.41, 5.74) is 6.72. The van der Waals surface area contributed by atoms with Gasteiger partial charge in [-0.25, -0.2) is 4.39 Å². The van der Waals surface area contributed by atoms with Gasteiger partial charge in [-0.05, 0) is 30.3 Å². The number of nitro benzene ring substituents is 1. The molecule has 0 aliphatic rings. The molecule has 0 fully saturated rings. The van der Waals surface area contributed by atoms with E-state index in [0.29, 0.717) is 22.3 Å². The smallest absolute Gasteiger partial charge is 0.282 e. The Morgan fingerprint density at radius 2 is 1.85 bits per heavy atom. The molecule has 3 rings (SSSR count). The summed E-state index contributed by atoms with van der Waals surface area (Å²) in [6, 6.07) is 10.0. The fourth-order valence-electron chi connectivity index (χ4n) is 2.05. The van der Waals surface area contributed by atoms with Crippen LogP contribution in [-0.2, 0) is 0 Å². The maximum atomic E-state index is 12.9. The zero-order chi connectivity index (χ0) is 14.3. The molecule has 2 aromatic carbocycles. The van der Waals surface area contributed by atoms with Crippen LogP contribution in [0, 0.1) is 15.9 Å². The molecule has 0 aliphatic heterocycles. The van der Waals surface area contributed by atoms with E-state index in [4.69, 9.17) is 10.2 Å². The first kappa shape index (κ1) is 12.2. The van der Waals surface area contributed by atoms with Gasteiger partial charge in [0.15, 0.2) is 0 Å². The first-order valence-electron chi connectivity index (χ1n) is 5.78. The van der Waals surface area contributed by atoms with Gasteiger partial charge in [-0.3, -0.25) is 10.1 Å². The van der Waals surface area contributed by atoms with Crippen LogP contribution in [0.1, 0.15) is 0 Å². The Labute approximate surface area is 112 Å². The minimum absolute atomic E-state index is 0.114. The molecule has 0 amide bonds. The Morgan fingerprint density at radius 1 is 1.15 bits per heavy atom. The second-order valence-electron chi connectivity index (χ2n) is 4.33. The van der Waals surface area contributed by atoms with Gasteiger partial charge in [-0.2, -0.15) is 0 Å². The lowest BCUT2D eigenvalue weighted by Gasteiger charge is -1.95. The van der Waals surface area contributed by atoms with Crippen LogP contribution in [0.25, 0.3) is 22.3 Å². The molecule has 0 aliphatic carbocycles. The van der Waals surface area contributed by atoms with Gasteiger partial charge in [-0.1, -0.05) is 0 Å². The molecule has 3 aromatic rings.